The summed E-state index contributed by atoms with van der Waals surface area (Å²) in [5.74, 6) is -0.765. The third-order valence-corrected chi connectivity index (χ3v) is 5.75. The smallest absolute Gasteiger partial charge is 0.128 e. The van der Waals surface area contributed by atoms with E-state index in [4.69, 9.17) is 5.73 Å². The Balaban J connectivity index is 1.52. The Hall–Kier alpha value is -1.83. The van der Waals surface area contributed by atoms with Crippen molar-refractivity contribution in [3.05, 3.63) is 52.3 Å². The standard InChI is InChI=1S/C19H25F2N5/c1-11-4-16(21)14(6-15(11)20)19-17(22)5-13(9-24(19)2)26-8-12-7-25(3)23-18(12)10-26/h4,6-7,13,17,19H,5,8-10,22H2,1-3H3/t13-,17-,19?/m0/s1. The van der Waals surface area contributed by atoms with Gasteiger partial charge in [-0.3, -0.25) is 14.5 Å². The summed E-state index contributed by atoms with van der Waals surface area (Å²) in [4.78, 5) is 4.44. The van der Waals surface area contributed by atoms with Gasteiger partial charge in [0.15, 0.2) is 0 Å². The molecule has 0 aliphatic carbocycles. The maximum absolute atomic E-state index is 14.5. The summed E-state index contributed by atoms with van der Waals surface area (Å²) in [5, 5.41) is 4.51. The Morgan fingerprint density at radius 1 is 1.15 bits per heavy atom. The van der Waals surface area contributed by atoms with Crippen LogP contribution in [0.5, 0.6) is 0 Å². The molecule has 2 aliphatic heterocycles. The van der Waals surface area contributed by atoms with Gasteiger partial charge in [0.1, 0.15) is 11.6 Å². The monoisotopic (exact) mass is 361 g/mol. The van der Waals surface area contributed by atoms with Crippen LogP contribution in [-0.4, -0.2) is 45.3 Å². The van der Waals surface area contributed by atoms with Crippen molar-refractivity contribution >= 4 is 0 Å². The molecule has 0 radical (unpaired) electrons. The SMILES string of the molecule is Cc1cc(F)c(C2[C@@H](N)C[C@H](N3Cc4cn(C)nc4C3)CN2C)cc1F. The van der Waals surface area contributed by atoms with Crippen LogP contribution in [0.25, 0.3) is 0 Å². The zero-order valence-corrected chi connectivity index (χ0v) is 15.4. The predicted octanol–water partition coefficient (Wildman–Crippen LogP) is 2.10. The van der Waals surface area contributed by atoms with Crippen molar-refractivity contribution in [1.29, 1.82) is 0 Å². The van der Waals surface area contributed by atoms with Crippen LogP contribution in [0.3, 0.4) is 0 Å². The van der Waals surface area contributed by atoms with Crippen LogP contribution >= 0.6 is 0 Å². The van der Waals surface area contributed by atoms with E-state index in [0.717, 1.165) is 31.7 Å². The minimum absolute atomic E-state index is 0.255. The largest absolute Gasteiger partial charge is 0.326 e. The van der Waals surface area contributed by atoms with Crippen molar-refractivity contribution in [1.82, 2.24) is 19.6 Å². The van der Waals surface area contributed by atoms with E-state index in [2.05, 4.69) is 21.1 Å². The van der Waals surface area contributed by atoms with Crippen LogP contribution in [0, 0.1) is 18.6 Å². The first-order chi connectivity index (χ1) is 12.3. The molecule has 1 aromatic carbocycles. The van der Waals surface area contributed by atoms with Gasteiger partial charge in [0, 0.05) is 56.1 Å². The number of nitrogens with zero attached hydrogens (tertiary/aromatic N) is 4. The van der Waals surface area contributed by atoms with Gasteiger partial charge in [-0.05, 0) is 38.1 Å². The second kappa shape index (κ2) is 6.40. The summed E-state index contributed by atoms with van der Waals surface area (Å²) in [6.07, 6.45) is 2.81. The van der Waals surface area contributed by atoms with Crippen molar-refractivity contribution < 1.29 is 8.78 Å². The van der Waals surface area contributed by atoms with Crippen molar-refractivity contribution in [3.8, 4) is 0 Å². The lowest BCUT2D eigenvalue weighted by atomic mass is 9.87. The lowest BCUT2D eigenvalue weighted by Crippen LogP contribution is -2.54. The third-order valence-electron chi connectivity index (χ3n) is 5.75. The van der Waals surface area contributed by atoms with Gasteiger partial charge in [0.05, 0.1) is 11.7 Å². The number of halogens is 2. The number of piperidine rings is 1. The number of likely N-dealkylation sites (tertiary alicyclic amines) is 1. The number of aryl methyl sites for hydroxylation is 2. The number of hydrogen-bond donors (Lipinski definition) is 1. The number of benzene rings is 1. The normalized spacial score (nSPS) is 27.1. The Labute approximate surface area is 152 Å². The van der Waals surface area contributed by atoms with Crippen LogP contribution in [0.4, 0.5) is 8.78 Å². The highest BCUT2D eigenvalue weighted by Crippen LogP contribution is 2.35. The summed E-state index contributed by atoms with van der Waals surface area (Å²) in [7, 11) is 3.88. The lowest BCUT2D eigenvalue weighted by molar-refractivity contribution is 0.0584. The molecule has 1 unspecified atom stereocenters. The third kappa shape index (κ3) is 2.94. The molecule has 7 heteroatoms. The lowest BCUT2D eigenvalue weighted by Gasteiger charge is -2.44. The number of nitrogens with two attached hydrogens (primary N) is 1. The summed E-state index contributed by atoms with van der Waals surface area (Å²) < 4.78 is 30.3. The van der Waals surface area contributed by atoms with Gasteiger partial charge < -0.3 is 5.73 Å². The average Bonchev–Trinajstić information content (AvgIpc) is 3.08. The topological polar surface area (TPSA) is 50.3 Å². The van der Waals surface area contributed by atoms with Crippen LogP contribution in [0.15, 0.2) is 18.3 Å². The van der Waals surface area contributed by atoms with Crippen molar-refractivity contribution in [3.63, 3.8) is 0 Å². The van der Waals surface area contributed by atoms with Gasteiger partial charge in [-0.15, -0.1) is 0 Å². The first-order valence-corrected chi connectivity index (χ1v) is 9.00. The van der Waals surface area contributed by atoms with Gasteiger partial charge in [0.25, 0.3) is 0 Å². The molecule has 1 aromatic heterocycles. The molecule has 2 aromatic rings. The van der Waals surface area contributed by atoms with Crippen LogP contribution in [0.1, 0.15) is 34.8 Å². The zero-order chi connectivity index (χ0) is 18.6. The second-order valence-corrected chi connectivity index (χ2v) is 7.74. The Bertz CT molecular complexity index is 798. The molecule has 1 fully saturated rings. The molecule has 4 rings (SSSR count). The summed E-state index contributed by atoms with van der Waals surface area (Å²) in [6.45, 7) is 4.03. The highest BCUT2D eigenvalue weighted by Gasteiger charge is 2.39. The predicted molar refractivity (Wildman–Crippen MR) is 95.3 cm³/mol. The first kappa shape index (κ1) is 17.6. The van der Waals surface area contributed by atoms with Crippen LogP contribution in [-0.2, 0) is 20.1 Å². The summed E-state index contributed by atoms with van der Waals surface area (Å²) in [6, 6.07) is 2.28. The fourth-order valence-corrected chi connectivity index (χ4v) is 4.49. The molecule has 2 N–H and O–H groups in total. The Morgan fingerprint density at radius 2 is 1.92 bits per heavy atom. The van der Waals surface area contributed by atoms with Gasteiger partial charge in [-0.1, -0.05) is 0 Å². The molecule has 3 atom stereocenters. The molecule has 0 amide bonds. The maximum atomic E-state index is 14.5. The summed E-state index contributed by atoms with van der Waals surface area (Å²) >= 11 is 0. The van der Waals surface area contributed by atoms with Crippen molar-refractivity contribution in [2.24, 2.45) is 12.8 Å². The fraction of sp³-hybridized carbons (Fsp3) is 0.526. The number of likely N-dealkylation sites (N-methyl/N-ethyl adjacent to an activating group) is 1. The molecule has 1 saturated heterocycles. The minimum atomic E-state index is -0.384. The molecule has 26 heavy (non-hydrogen) atoms. The number of hydrogen-bond acceptors (Lipinski definition) is 4. The number of rotatable bonds is 2. The van der Waals surface area contributed by atoms with Crippen LogP contribution in [0.2, 0.25) is 0 Å². The molecular formula is C19H25F2N5. The van der Waals surface area contributed by atoms with E-state index in [9.17, 15) is 8.78 Å². The van der Waals surface area contributed by atoms with Gasteiger partial charge in [-0.2, -0.15) is 5.10 Å². The second-order valence-electron chi connectivity index (χ2n) is 7.74. The molecule has 0 bridgehead atoms. The molecule has 0 saturated carbocycles. The van der Waals surface area contributed by atoms with E-state index in [1.807, 2.05) is 18.8 Å². The minimum Gasteiger partial charge on any atom is -0.326 e. The molecule has 0 spiro atoms. The van der Waals surface area contributed by atoms with E-state index in [1.54, 1.807) is 6.92 Å². The van der Waals surface area contributed by atoms with Crippen molar-refractivity contribution in [2.45, 2.75) is 44.6 Å². The van der Waals surface area contributed by atoms with Gasteiger partial charge in [0.2, 0.25) is 0 Å². The number of aromatic nitrogens is 2. The summed E-state index contributed by atoms with van der Waals surface area (Å²) in [5.41, 5.74) is 9.50. The number of fused-ring (bicyclic) bond motifs is 1. The van der Waals surface area contributed by atoms with E-state index < -0.39 is 0 Å². The first-order valence-electron chi connectivity index (χ1n) is 9.00. The fourth-order valence-electron chi connectivity index (χ4n) is 4.49. The zero-order valence-electron chi connectivity index (χ0n) is 15.4. The molecule has 2 aliphatic rings. The van der Waals surface area contributed by atoms with E-state index in [-0.39, 0.29) is 29.8 Å². The quantitative estimate of drug-likeness (QED) is 0.890. The maximum Gasteiger partial charge on any atom is 0.128 e. The molecule has 3 heterocycles. The van der Waals surface area contributed by atoms with Gasteiger partial charge in [-0.25, -0.2) is 8.78 Å². The molecular weight excluding hydrogens is 336 g/mol. The van der Waals surface area contributed by atoms with Gasteiger partial charge >= 0.3 is 0 Å². The molecule has 5 nitrogen and oxygen atoms in total. The highest BCUT2D eigenvalue weighted by molar-refractivity contribution is 5.30. The van der Waals surface area contributed by atoms with E-state index in [0.29, 0.717) is 11.1 Å². The average molecular weight is 361 g/mol. The van der Waals surface area contributed by atoms with E-state index >= 15 is 0 Å². The highest BCUT2D eigenvalue weighted by atomic mass is 19.1. The molecule has 140 valence electrons. The van der Waals surface area contributed by atoms with Crippen molar-refractivity contribution in [2.75, 3.05) is 13.6 Å². The Kier molecular flexibility index (Phi) is 4.33. The van der Waals surface area contributed by atoms with E-state index in [1.165, 1.54) is 17.7 Å². The van der Waals surface area contributed by atoms with Crippen LogP contribution < -0.4 is 5.73 Å². The Morgan fingerprint density at radius 3 is 2.62 bits per heavy atom.